The van der Waals surface area contributed by atoms with Crippen LogP contribution in [0.25, 0.3) is 0 Å². The predicted molar refractivity (Wildman–Crippen MR) is 55.4 cm³/mol. The van der Waals surface area contributed by atoms with Crippen molar-refractivity contribution in [3.63, 3.8) is 0 Å². The van der Waals surface area contributed by atoms with Crippen LogP contribution < -0.4 is 10.6 Å². The van der Waals surface area contributed by atoms with Gasteiger partial charge in [0.15, 0.2) is 0 Å². The van der Waals surface area contributed by atoms with E-state index in [4.69, 9.17) is 0 Å². The third kappa shape index (κ3) is 3.11. The maximum atomic E-state index is 11.0. The van der Waals surface area contributed by atoms with Crippen molar-refractivity contribution in [3.05, 3.63) is 47.2 Å². The zero-order valence-electron chi connectivity index (χ0n) is 7.77. The third-order valence-corrected chi connectivity index (χ3v) is 1.57. The van der Waals surface area contributed by atoms with Gasteiger partial charge in [-0.3, -0.25) is 10.1 Å². The molecule has 0 heterocycles. The van der Waals surface area contributed by atoms with Crippen molar-refractivity contribution < 1.29 is 9.72 Å². The first kappa shape index (κ1) is 10.7. The number of nitro groups is 1. The second-order valence-electron chi connectivity index (χ2n) is 2.61. The van der Waals surface area contributed by atoms with Crippen LogP contribution in [0.4, 0.5) is 16.2 Å². The van der Waals surface area contributed by atoms with Crippen LogP contribution in [0.1, 0.15) is 0 Å². The SMILES string of the molecule is C=CNC(=O)Nc1ccc([N+](=O)[O-])cc1. The number of benzene rings is 1. The summed E-state index contributed by atoms with van der Waals surface area (Å²) in [6.45, 7) is 3.32. The van der Waals surface area contributed by atoms with E-state index in [2.05, 4.69) is 17.2 Å². The number of anilines is 1. The van der Waals surface area contributed by atoms with Crippen LogP contribution in [0.2, 0.25) is 0 Å². The standard InChI is InChI=1S/C9H9N3O3/c1-2-10-9(13)11-7-3-5-8(6-4-7)12(14)15/h2-6H,1H2,(H2,10,11,13). The van der Waals surface area contributed by atoms with E-state index in [1.54, 1.807) is 0 Å². The highest BCUT2D eigenvalue weighted by Crippen LogP contribution is 2.14. The Labute approximate surface area is 85.8 Å². The van der Waals surface area contributed by atoms with Gasteiger partial charge < -0.3 is 10.6 Å². The summed E-state index contributed by atoms with van der Waals surface area (Å²) in [5.41, 5.74) is 0.449. The Balaban J connectivity index is 2.68. The van der Waals surface area contributed by atoms with Gasteiger partial charge in [-0.25, -0.2) is 4.79 Å². The molecule has 0 fully saturated rings. The van der Waals surface area contributed by atoms with Crippen molar-refractivity contribution in [2.75, 3.05) is 5.32 Å². The molecule has 0 atom stereocenters. The molecule has 0 aromatic heterocycles. The Kier molecular flexibility index (Phi) is 3.39. The van der Waals surface area contributed by atoms with Crippen LogP contribution in [0.15, 0.2) is 37.0 Å². The summed E-state index contributed by atoms with van der Waals surface area (Å²) in [5, 5.41) is 15.1. The highest BCUT2D eigenvalue weighted by molar-refractivity contribution is 5.89. The smallest absolute Gasteiger partial charge is 0.315 e. The number of nitrogens with one attached hydrogen (secondary N) is 2. The fourth-order valence-corrected chi connectivity index (χ4v) is 0.926. The van der Waals surface area contributed by atoms with Gasteiger partial charge >= 0.3 is 6.03 Å². The van der Waals surface area contributed by atoms with Gasteiger partial charge in [0.2, 0.25) is 0 Å². The number of nitrogens with zero attached hydrogens (tertiary/aromatic N) is 1. The van der Waals surface area contributed by atoms with E-state index < -0.39 is 11.0 Å². The van der Waals surface area contributed by atoms with Gasteiger partial charge in [-0.15, -0.1) is 0 Å². The summed E-state index contributed by atoms with van der Waals surface area (Å²) in [4.78, 5) is 20.8. The van der Waals surface area contributed by atoms with Crippen molar-refractivity contribution in [2.45, 2.75) is 0 Å². The van der Waals surface area contributed by atoms with Gasteiger partial charge in [0.25, 0.3) is 5.69 Å². The lowest BCUT2D eigenvalue weighted by atomic mass is 10.3. The molecule has 2 N–H and O–H groups in total. The molecule has 0 saturated heterocycles. The lowest BCUT2D eigenvalue weighted by Gasteiger charge is -2.03. The van der Waals surface area contributed by atoms with Crippen LogP contribution in [0, 0.1) is 10.1 Å². The molecule has 0 radical (unpaired) electrons. The van der Waals surface area contributed by atoms with Gasteiger partial charge in [-0.05, 0) is 18.3 Å². The first-order valence-corrected chi connectivity index (χ1v) is 4.06. The molecular weight excluding hydrogens is 198 g/mol. The fourth-order valence-electron chi connectivity index (χ4n) is 0.926. The summed E-state index contributed by atoms with van der Waals surface area (Å²) >= 11 is 0. The summed E-state index contributed by atoms with van der Waals surface area (Å²) < 4.78 is 0. The van der Waals surface area contributed by atoms with Gasteiger partial charge in [-0.2, -0.15) is 0 Å². The van der Waals surface area contributed by atoms with Crippen LogP contribution in [-0.4, -0.2) is 11.0 Å². The summed E-state index contributed by atoms with van der Waals surface area (Å²) in [7, 11) is 0. The van der Waals surface area contributed by atoms with E-state index in [0.29, 0.717) is 5.69 Å². The molecule has 78 valence electrons. The molecule has 1 rings (SSSR count). The van der Waals surface area contributed by atoms with E-state index in [1.807, 2.05) is 0 Å². The molecule has 6 heteroatoms. The number of nitro benzene ring substituents is 1. The lowest BCUT2D eigenvalue weighted by molar-refractivity contribution is -0.384. The Hall–Kier alpha value is -2.37. The molecule has 15 heavy (non-hydrogen) atoms. The van der Waals surface area contributed by atoms with E-state index in [1.165, 1.54) is 30.5 Å². The normalized spacial score (nSPS) is 9.07. The Morgan fingerprint density at radius 1 is 1.40 bits per heavy atom. The maximum absolute atomic E-state index is 11.0. The van der Waals surface area contributed by atoms with Gasteiger partial charge in [0.1, 0.15) is 0 Å². The molecule has 0 aliphatic carbocycles. The molecule has 0 bridgehead atoms. The summed E-state index contributed by atoms with van der Waals surface area (Å²) in [6.07, 6.45) is 1.24. The highest BCUT2D eigenvalue weighted by Gasteiger charge is 2.04. The van der Waals surface area contributed by atoms with Gasteiger partial charge in [0, 0.05) is 17.8 Å². The third-order valence-electron chi connectivity index (χ3n) is 1.57. The molecule has 0 saturated carbocycles. The maximum Gasteiger partial charge on any atom is 0.323 e. The van der Waals surface area contributed by atoms with Crippen molar-refractivity contribution in [1.82, 2.24) is 5.32 Å². The van der Waals surface area contributed by atoms with Crippen LogP contribution in [0.5, 0.6) is 0 Å². The molecule has 1 aromatic carbocycles. The first-order chi connectivity index (χ1) is 7.13. The lowest BCUT2D eigenvalue weighted by Crippen LogP contribution is -2.23. The molecule has 6 nitrogen and oxygen atoms in total. The molecule has 0 unspecified atom stereocenters. The molecular formula is C9H9N3O3. The molecule has 0 spiro atoms. The number of urea groups is 1. The molecule has 1 aromatic rings. The van der Waals surface area contributed by atoms with Gasteiger partial charge in [0.05, 0.1) is 4.92 Å². The number of non-ortho nitro benzene ring substituents is 1. The monoisotopic (exact) mass is 207 g/mol. The van der Waals surface area contributed by atoms with Crippen molar-refractivity contribution in [1.29, 1.82) is 0 Å². The second-order valence-corrected chi connectivity index (χ2v) is 2.61. The van der Waals surface area contributed by atoms with Crippen molar-refractivity contribution in [3.8, 4) is 0 Å². The minimum absolute atomic E-state index is 0.0234. The number of hydrogen-bond donors (Lipinski definition) is 2. The molecule has 0 aliphatic rings. The van der Waals surface area contributed by atoms with E-state index >= 15 is 0 Å². The number of carbonyl (C=O) groups excluding carboxylic acids is 1. The minimum atomic E-state index is -0.506. The summed E-state index contributed by atoms with van der Waals surface area (Å²) in [6, 6.07) is 5.06. The van der Waals surface area contributed by atoms with E-state index in [9.17, 15) is 14.9 Å². The van der Waals surface area contributed by atoms with Crippen molar-refractivity contribution >= 4 is 17.4 Å². The number of hydrogen-bond acceptors (Lipinski definition) is 3. The molecule has 2 amide bonds. The second kappa shape index (κ2) is 4.75. The predicted octanol–water partition coefficient (Wildman–Crippen LogP) is 1.86. The largest absolute Gasteiger partial charge is 0.323 e. The quantitative estimate of drug-likeness (QED) is 0.586. The molecule has 0 aliphatic heterocycles. The van der Waals surface area contributed by atoms with Crippen LogP contribution in [-0.2, 0) is 0 Å². The van der Waals surface area contributed by atoms with Crippen molar-refractivity contribution in [2.24, 2.45) is 0 Å². The number of amides is 2. The minimum Gasteiger partial charge on any atom is -0.315 e. The Morgan fingerprint density at radius 3 is 2.47 bits per heavy atom. The number of carbonyl (C=O) groups is 1. The zero-order chi connectivity index (χ0) is 11.3. The van der Waals surface area contributed by atoms with Crippen LogP contribution in [0.3, 0.4) is 0 Å². The van der Waals surface area contributed by atoms with E-state index in [0.717, 1.165) is 0 Å². The first-order valence-electron chi connectivity index (χ1n) is 4.06. The topological polar surface area (TPSA) is 84.3 Å². The van der Waals surface area contributed by atoms with Gasteiger partial charge in [-0.1, -0.05) is 6.58 Å². The Morgan fingerprint density at radius 2 is 2.00 bits per heavy atom. The average molecular weight is 207 g/mol. The summed E-state index contributed by atoms with van der Waals surface area (Å²) in [5.74, 6) is 0. The Bertz CT molecular complexity index is 386. The number of rotatable bonds is 3. The highest BCUT2D eigenvalue weighted by atomic mass is 16.6. The van der Waals surface area contributed by atoms with E-state index in [-0.39, 0.29) is 5.69 Å². The van der Waals surface area contributed by atoms with Crippen LogP contribution >= 0.6 is 0 Å². The zero-order valence-corrected chi connectivity index (χ0v) is 7.77. The average Bonchev–Trinajstić information content (AvgIpc) is 2.18. The fraction of sp³-hybridized carbons (Fsp3) is 0.